The zero-order chi connectivity index (χ0) is 20.1. The van der Waals surface area contributed by atoms with Crippen molar-refractivity contribution in [3.05, 3.63) is 45.6 Å². The van der Waals surface area contributed by atoms with Crippen LogP contribution >= 0.6 is 34.7 Å². The highest BCUT2D eigenvalue weighted by atomic mass is 35.5. The first kappa shape index (κ1) is 21.3. The smallest absolute Gasteiger partial charge is 0.319 e. The minimum Gasteiger partial charge on any atom is -0.396 e. The second kappa shape index (κ2) is 9.39. The quantitative estimate of drug-likeness (QED) is 0.602. The Morgan fingerprint density at radius 3 is 2.68 bits per heavy atom. The number of anilines is 2. The Hall–Kier alpha value is -1.41. The largest absolute Gasteiger partial charge is 0.396 e. The van der Waals surface area contributed by atoms with Gasteiger partial charge in [-0.2, -0.15) is 11.8 Å². The number of halogens is 1. The van der Waals surface area contributed by atoms with E-state index in [9.17, 15) is 9.90 Å². The lowest BCUT2D eigenvalue weighted by Gasteiger charge is -2.32. The molecule has 2 heterocycles. The Morgan fingerprint density at radius 1 is 1.32 bits per heavy atom. The summed E-state index contributed by atoms with van der Waals surface area (Å²) in [5, 5.41) is 18.2. The Balaban J connectivity index is 1.69. The monoisotopic (exact) mass is 439 g/mol. The van der Waals surface area contributed by atoms with Crippen LogP contribution in [0.5, 0.6) is 0 Å². The lowest BCUT2D eigenvalue weighted by molar-refractivity contribution is 0.121. The number of nitrogens with one attached hydrogen (secondary N) is 2. The predicted octanol–water partition coefficient (Wildman–Crippen LogP) is 4.84. The first-order valence-corrected chi connectivity index (χ1v) is 11.7. The number of hydrogen-bond acceptors (Lipinski definition) is 5. The van der Waals surface area contributed by atoms with Crippen molar-refractivity contribution in [2.24, 2.45) is 5.41 Å². The van der Waals surface area contributed by atoms with E-state index in [2.05, 4.69) is 15.5 Å². The number of aliphatic hydroxyl groups excluding tert-OH is 1. The highest BCUT2D eigenvalue weighted by Crippen LogP contribution is 2.35. The maximum absolute atomic E-state index is 12.6. The highest BCUT2D eigenvalue weighted by Gasteiger charge is 2.32. The lowest BCUT2D eigenvalue weighted by Crippen LogP contribution is -2.41. The predicted molar refractivity (Wildman–Crippen MR) is 121 cm³/mol. The number of urea groups is 1. The summed E-state index contributed by atoms with van der Waals surface area (Å²) in [7, 11) is 0. The van der Waals surface area contributed by atoms with Crippen LogP contribution in [0.15, 0.2) is 35.7 Å². The van der Waals surface area contributed by atoms with Gasteiger partial charge in [0.25, 0.3) is 0 Å². The van der Waals surface area contributed by atoms with Gasteiger partial charge in [0.05, 0.1) is 23.4 Å². The van der Waals surface area contributed by atoms with Crippen LogP contribution < -0.4 is 15.5 Å². The fourth-order valence-electron chi connectivity index (χ4n) is 3.14. The average Bonchev–Trinajstić information content (AvgIpc) is 3.21. The van der Waals surface area contributed by atoms with Gasteiger partial charge in [-0.15, -0.1) is 11.3 Å². The molecule has 1 saturated heterocycles. The fraction of sp³-hybridized carbons (Fsp3) is 0.450. The van der Waals surface area contributed by atoms with Crippen LogP contribution in [0, 0.1) is 5.41 Å². The van der Waals surface area contributed by atoms with Crippen molar-refractivity contribution in [2.45, 2.75) is 19.9 Å². The van der Waals surface area contributed by atoms with Crippen molar-refractivity contribution in [1.82, 2.24) is 5.32 Å². The van der Waals surface area contributed by atoms with E-state index in [0.717, 1.165) is 35.2 Å². The van der Waals surface area contributed by atoms with E-state index >= 15 is 0 Å². The van der Waals surface area contributed by atoms with Crippen molar-refractivity contribution >= 4 is 52.1 Å². The van der Waals surface area contributed by atoms with Crippen molar-refractivity contribution in [3.8, 4) is 0 Å². The van der Waals surface area contributed by atoms with Gasteiger partial charge < -0.3 is 20.6 Å². The van der Waals surface area contributed by atoms with Crippen LogP contribution in [0.1, 0.15) is 24.8 Å². The molecule has 0 spiro atoms. The van der Waals surface area contributed by atoms with Gasteiger partial charge in [0, 0.05) is 40.6 Å². The second-order valence-electron chi connectivity index (χ2n) is 7.46. The Kier molecular flexibility index (Phi) is 7.15. The van der Waals surface area contributed by atoms with E-state index in [1.807, 2.05) is 55.3 Å². The van der Waals surface area contributed by atoms with Crippen LogP contribution in [0.2, 0.25) is 5.02 Å². The zero-order valence-electron chi connectivity index (χ0n) is 16.1. The topological polar surface area (TPSA) is 64.6 Å². The van der Waals surface area contributed by atoms with E-state index in [1.54, 1.807) is 17.4 Å². The van der Waals surface area contributed by atoms with E-state index in [1.165, 1.54) is 0 Å². The maximum Gasteiger partial charge on any atom is 0.319 e. The van der Waals surface area contributed by atoms with Crippen LogP contribution in [-0.4, -0.2) is 42.3 Å². The van der Waals surface area contributed by atoms with Crippen LogP contribution in [0.3, 0.4) is 0 Å². The number of benzene rings is 1. The number of thiophene rings is 1. The molecular formula is C20H26ClN3O2S2. The molecule has 1 aliphatic rings. The van der Waals surface area contributed by atoms with Gasteiger partial charge in [0.15, 0.2) is 0 Å². The standard InChI is InChI=1S/C20H26ClN3O2S2/c1-20(2,13-25)18(17-4-3-9-28-17)23-19(26)22-14-5-6-16(15(21)12-14)24-7-10-27-11-8-24/h3-6,9,12,18,25H,7-8,10-11,13H2,1-2H3,(H2,22,23,26). The number of nitrogens with zero attached hydrogens (tertiary/aromatic N) is 1. The molecular weight excluding hydrogens is 414 g/mol. The molecule has 1 aliphatic heterocycles. The van der Waals surface area contributed by atoms with E-state index in [4.69, 9.17) is 11.6 Å². The van der Waals surface area contributed by atoms with Gasteiger partial charge in [0.2, 0.25) is 0 Å². The molecule has 1 atom stereocenters. The molecule has 3 rings (SSSR count). The minimum absolute atomic E-state index is 0.0372. The van der Waals surface area contributed by atoms with Gasteiger partial charge >= 0.3 is 6.03 Å². The molecule has 28 heavy (non-hydrogen) atoms. The Bertz CT molecular complexity index is 793. The molecule has 1 aromatic heterocycles. The van der Waals surface area contributed by atoms with Gasteiger partial charge in [-0.25, -0.2) is 4.79 Å². The number of thioether (sulfide) groups is 1. The summed E-state index contributed by atoms with van der Waals surface area (Å²) in [5.74, 6) is 2.20. The number of aliphatic hydroxyl groups is 1. The molecule has 0 bridgehead atoms. The number of rotatable bonds is 6. The fourth-order valence-corrected chi connectivity index (χ4v) is 5.33. The number of carbonyl (C=O) groups is 1. The molecule has 0 saturated carbocycles. The Morgan fingerprint density at radius 2 is 2.07 bits per heavy atom. The third kappa shape index (κ3) is 5.14. The highest BCUT2D eigenvalue weighted by molar-refractivity contribution is 7.99. The Labute approximate surface area is 179 Å². The van der Waals surface area contributed by atoms with Crippen LogP contribution in [0.4, 0.5) is 16.2 Å². The molecule has 3 N–H and O–H groups in total. The maximum atomic E-state index is 12.6. The molecule has 2 aromatic rings. The third-order valence-electron chi connectivity index (χ3n) is 4.85. The molecule has 1 unspecified atom stereocenters. The zero-order valence-corrected chi connectivity index (χ0v) is 18.5. The first-order chi connectivity index (χ1) is 13.4. The van der Waals surface area contributed by atoms with E-state index in [-0.39, 0.29) is 18.7 Å². The van der Waals surface area contributed by atoms with E-state index in [0.29, 0.717) is 10.7 Å². The van der Waals surface area contributed by atoms with E-state index < -0.39 is 5.41 Å². The summed E-state index contributed by atoms with van der Waals surface area (Å²) in [6, 6.07) is 8.92. The summed E-state index contributed by atoms with van der Waals surface area (Å²) in [6.07, 6.45) is 0. The third-order valence-corrected chi connectivity index (χ3v) is 7.03. The average molecular weight is 440 g/mol. The van der Waals surface area contributed by atoms with Crippen molar-refractivity contribution in [2.75, 3.05) is 41.4 Å². The van der Waals surface area contributed by atoms with Crippen LogP contribution in [0.25, 0.3) is 0 Å². The van der Waals surface area contributed by atoms with Crippen LogP contribution in [-0.2, 0) is 0 Å². The first-order valence-electron chi connectivity index (χ1n) is 9.25. The molecule has 8 heteroatoms. The molecule has 0 aliphatic carbocycles. The molecule has 5 nitrogen and oxygen atoms in total. The molecule has 2 amide bonds. The summed E-state index contributed by atoms with van der Waals surface area (Å²) in [5.41, 5.74) is 1.16. The van der Waals surface area contributed by atoms with Crippen molar-refractivity contribution in [3.63, 3.8) is 0 Å². The molecule has 1 aromatic carbocycles. The van der Waals surface area contributed by atoms with Gasteiger partial charge in [-0.05, 0) is 29.6 Å². The second-order valence-corrected chi connectivity index (χ2v) is 10.1. The van der Waals surface area contributed by atoms with Gasteiger partial charge in [-0.1, -0.05) is 31.5 Å². The number of hydrogen-bond donors (Lipinski definition) is 3. The van der Waals surface area contributed by atoms with Crippen molar-refractivity contribution < 1.29 is 9.90 Å². The molecule has 1 fully saturated rings. The summed E-state index contributed by atoms with van der Waals surface area (Å²) < 4.78 is 0. The SMILES string of the molecule is CC(C)(CO)C(NC(=O)Nc1ccc(N2CCSCC2)c(Cl)c1)c1cccs1. The normalized spacial score (nSPS) is 15.9. The molecule has 0 radical (unpaired) electrons. The summed E-state index contributed by atoms with van der Waals surface area (Å²) >= 11 is 9.99. The lowest BCUT2D eigenvalue weighted by atomic mass is 9.84. The summed E-state index contributed by atoms with van der Waals surface area (Å²) in [6.45, 7) is 5.79. The van der Waals surface area contributed by atoms with Gasteiger partial charge in [0.1, 0.15) is 0 Å². The number of amides is 2. The van der Waals surface area contributed by atoms with Crippen molar-refractivity contribution in [1.29, 1.82) is 0 Å². The number of carbonyl (C=O) groups excluding carboxylic acids is 1. The minimum atomic E-state index is -0.490. The summed E-state index contributed by atoms with van der Waals surface area (Å²) in [4.78, 5) is 15.9. The molecule has 152 valence electrons. The van der Waals surface area contributed by atoms with Gasteiger partial charge in [-0.3, -0.25) is 0 Å².